The van der Waals surface area contributed by atoms with Crippen molar-refractivity contribution in [2.45, 2.75) is 0 Å². The first kappa shape index (κ1) is 14.4. The quantitative estimate of drug-likeness (QED) is 0.870. The van der Waals surface area contributed by atoms with Gasteiger partial charge in [-0.1, -0.05) is 0 Å². The molecule has 0 amide bonds. The van der Waals surface area contributed by atoms with Gasteiger partial charge in [-0.2, -0.15) is 5.26 Å². The number of nitrogens with zero attached hydrogens (tertiary/aromatic N) is 2. The van der Waals surface area contributed by atoms with Gasteiger partial charge in [0.25, 0.3) is 0 Å². The number of methoxy groups -OCH3 is 2. The van der Waals surface area contributed by atoms with E-state index in [9.17, 15) is 5.26 Å². The average molecular weight is 281 g/mol. The third-order valence-corrected chi connectivity index (χ3v) is 3.01. The molecule has 0 aliphatic rings. The fraction of sp³-hybridized carbons (Fsp3) is 0.125. The zero-order valence-corrected chi connectivity index (χ0v) is 11.8. The van der Waals surface area contributed by atoms with Gasteiger partial charge in [0.05, 0.1) is 25.5 Å². The van der Waals surface area contributed by atoms with E-state index in [2.05, 4.69) is 11.1 Å². The zero-order chi connectivity index (χ0) is 15.2. The van der Waals surface area contributed by atoms with E-state index < -0.39 is 0 Å². The third kappa shape index (κ3) is 3.12. The number of benzene rings is 1. The summed E-state index contributed by atoms with van der Waals surface area (Å²) in [5, 5.41) is 9.39. The van der Waals surface area contributed by atoms with Crippen LogP contribution in [-0.2, 0) is 0 Å². The maximum Gasteiger partial charge on any atom is 0.123 e. The number of nitriles is 1. The minimum absolute atomic E-state index is 0.362. The Balaban J connectivity index is 2.58. The maximum atomic E-state index is 9.39. The Morgan fingerprint density at radius 2 is 1.62 bits per heavy atom. The highest BCUT2D eigenvalue weighted by Gasteiger charge is 2.11. The number of rotatable bonds is 4. The molecule has 1 heterocycles. The second kappa shape index (κ2) is 6.44. The third-order valence-electron chi connectivity index (χ3n) is 3.01. The second-order valence-corrected chi connectivity index (χ2v) is 4.24. The van der Waals surface area contributed by atoms with Crippen LogP contribution in [0, 0.1) is 11.3 Å². The van der Waals surface area contributed by atoms with Crippen LogP contribution in [0.4, 0.5) is 0 Å². The first-order valence-electron chi connectivity index (χ1n) is 6.23. The number of aromatic nitrogens is 1. The Labute approximate surface area is 123 Å². The Kier molecular flexibility index (Phi) is 4.42. The van der Waals surface area contributed by atoms with Crippen LogP contribution in [0.5, 0.6) is 11.5 Å². The predicted octanol–water partition coefficient (Wildman–Crippen LogP) is 2.45. The van der Waals surface area contributed by atoms with E-state index >= 15 is 0 Å². The van der Waals surface area contributed by atoms with Gasteiger partial charge in [-0.05, 0) is 29.8 Å². The van der Waals surface area contributed by atoms with Crippen molar-refractivity contribution < 1.29 is 9.47 Å². The molecule has 0 aliphatic carbocycles. The lowest BCUT2D eigenvalue weighted by atomic mass is 10.0. The number of ether oxygens (including phenoxy) is 2. The molecule has 1 aromatic carbocycles. The van der Waals surface area contributed by atoms with Crippen molar-refractivity contribution in [2.24, 2.45) is 5.73 Å². The highest BCUT2D eigenvalue weighted by molar-refractivity contribution is 5.96. The van der Waals surface area contributed by atoms with Crippen LogP contribution in [0.15, 0.2) is 42.7 Å². The summed E-state index contributed by atoms with van der Waals surface area (Å²) in [6.45, 7) is 0. The number of hydrogen-bond acceptors (Lipinski definition) is 5. The van der Waals surface area contributed by atoms with Crippen LogP contribution >= 0.6 is 0 Å². The van der Waals surface area contributed by atoms with Gasteiger partial charge >= 0.3 is 0 Å². The summed E-state index contributed by atoms with van der Waals surface area (Å²) in [6.07, 6.45) is 3.23. The summed E-state index contributed by atoms with van der Waals surface area (Å²) >= 11 is 0. The van der Waals surface area contributed by atoms with Gasteiger partial charge in [-0.25, -0.2) is 0 Å². The molecule has 2 aromatic rings. The Hall–Kier alpha value is -3.00. The van der Waals surface area contributed by atoms with E-state index in [0.717, 1.165) is 0 Å². The molecular formula is C16H15N3O2. The highest BCUT2D eigenvalue weighted by Crippen LogP contribution is 2.28. The largest absolute Gasteiger partial charge is 0.497 e. The Morgan fingerprint density at radius 1 is 1.05 bits per heavy atom. The van der Waals surface area contributed by atoms with Crippen molar-refractivity contribution in [1.29, 1.82) is 5.26 Å². The topological polar surface area (TPSA) is 81.2 Å². The zero-order valence-electron chi connectivity index (χ0n) is 11.8. The van der Waals surface area contributed by atoms with Crippen molar-refractivity contribution in [3.05, 3.63) is 53.9 Å². The number of nitrogens with two attached hydrogens (primary N) is 1. The van der Waals surface area contributed by atoms with Gasteiger partial charge < -0.3 is 15.2 Å². The smallest absolute Gasteiger partial charge is 0.123 e. The molecule has 2 rings (SSSR count). The summed E-state index contributed by atoms with van der Waals surface area (Å²) in [7, 11) is 3.12. The molecule has 5 heteroatoms. The van der Waals surface area contributed by atoms with Gasteiger partial charge in [-0.3, -0.25) is 4.98 Å². The van der Waals surface area contributed by atoms with Crippen LogP contribution in [-0.4, -0.2) is 19.2 Å². The van der Waals surface area contributed by atoms with Gasteiger partial charge in [0, 0.05) is 24.0 Å². The minimum Gasteiger partial charge on any atom is -0.497 e. The molecule has 0 aliphatic heterocycles. The molecule has 0 saturated heterocycles. The minimum atomic E-state index is 0.362. The standard InChI is InChI=1S/C16H15N3O2/c1-20-13-7-12(8-14(9-13)21-2)16(18)15(10-17)11-3-5-19-6-4-11/h3-9H,18H2,1-2H3/b16-15+. The Morgan fingerprint density at radius 3 is 2.10 bits per heavy atom. The van der Waals surface area contributed by atoms with Gasteiger partial charge in [0.1, 0.15) is 17.6 Å². The fourth-order valence-corrected chi connectivity index (χ4v) is 1.91. The first-order valence-corrected chi connectivity index (χ1v) is 6.23. The van der Waals surface area contributed by atoms with Crippen LogP contribution in [0.3, 0.4) is 0 Å². The predicted molar refractivity (Wildman–Crippen MR) is 80.4 cm³/mol. The fourth-order valence-electron chi connectivity index (χ4n) is 1.91. The van der Waals surface area contributed by atoms with E-state index in [4.69, 9.17) is 15.2 Å². The molecular weight excluding hydrogens is 266 g/mol. The molecule has 0 saturated carbocycles. The van der Waals surface area contributed by atoms with Crippen LogP contribution in [0.25, 0.3) is 11.3 Å². The normalized spacial score (nSPS) is 11.3. The lowest BCUT2D eigenvalue weighted by molar-refractivity contribution is 0.394. The van der Waals surface area contributed by atoms with Crippen LogP contribution in [0.2, 0.25) is 0 Å². The summed E-state index contributed by atoms with van der Waals surface area (Å²) in [5.74, 6) is 1.22. The van der Waals surface area contributed by atoms with E-state index in [1.165, 1.54) is 0 Å². The van der Waals surface area contributed by atoms with Gasteiger partial charge in [-0.15, -0.1) is 0 Å². The lowest BCUT2D eigenvalue weighted by Gasteiger charge is -2.10. The second-order valence-electron chi connectivity index (χ2n) is 4.24. The monoisotopic (exact) mass is 281 g/mol. The van der Waals surface area contributed by atoms with Crippen molar-refractivity contribution in [1.82, 2.24) is 4.98 Å². The van der Waals surface area contributed by atoms with E-state index in [1.807, 2.05) is 0 Å². The molecule has 0 fully saturated rings. The summed E-state index contributed by atoms with van der Waals surface area (Å²) in [4.78, 5) is 3.94. The first-order chi connectivity index (χ1) is 10.2. The molecule has 0 unspecified atom stereocenters. The number of hydrogen-bond donors (Lipinski definition) is 1. The molecule has 0 radical (unpaired) electrons. The van der Waals surface area contributed by atoms with Gasteiger partial charge in [0.15, 0.2) is 0 Å². The molecule has 0 atom stereocenters. The Bertz CT molecular complexity index is 681. The summed E-state index contributed by atoms with van der Waals surface area (Å²) in [5.41, 5.74) is 8.28. The van der Waals surface area contributed by atoms with E-state index in [1.54, 1.807) is 56.9 Å². The molecule has 5 nitrogen and oxygen atoms in total. The molecule has 0 bridgehead atoms. The molecule has 21 heavy (non-hydrogen) atoms. The van der Waals surface area contributed by atoms with Crippen molar-refractivity contribution in [2.75, 3.05) is 14.2 Å². The maximum absolute atomic E-state index is 9.39. The summed E-state index contributed by atoms with van der Waals surface area (Å²) in [6, 6.07) is 10.9. The molecule has 2 N–H and O–H groups in total. The van der Waals surface area contributed by atoms with Crippen LogP contribution < -0.4 is 15.2 Å². The van der Waals surface area contributed by atoms with Gasteiger partial charge in [0.2, 0.25) is 0 Å². The summed E-state index contributed by atoms with van der Waals surface area (Å²) < 4.78 is 10.4. The molecule has 1 aromatic heterocycles. The average Bonchev–Trinajstić information content (AvgIpc) is 2.55. The van der Waals surface area contributed by atoms with Crippen molar-refractivity contribution in [3.8, 4) is 17.6 Å². The van der Waals surface area contributed by atoms with Crippen molar-refractivity contribution >= 4 is 11.3 Å². The van der Waals surface area contributed by atoms with Crippen LogP contribution in [0.1, 0.15) is 11.1 Å². The van der Waals surface area contributed by atoms with E-state index in [-0.39, 0.29) is 0 Å². The number of pyridine rings is 1. The SMILES string of the molecule is COc1cc(OC)cc(/C(N)=C(/C#N)c2ccncc2)c1. The number of allylic oxidation sites excluding steroid dienone is 1. The molecule has 0 spiro atoms. The highest BCUT2D eigenvalue weighted by atomic mass is 16.5. The molecule has 106 valence electrons. The lowest BCUT2D eigenvalue weighted by Crippen LogP contribution is -2.02. The van der Waals surface area contributed by atoms with Crippen molar-refractivity contribution in [3.63, 3.8) is 0 Å². The van der Waals surface area contributed by atoms with E-state index in [0.29, 0.717) is 33.9 Å².